The molecule has 2 N–H and O–H groups in total. The van der Waals surface area contributed by atoms with Crippen LogP contribution >= 0.6 is 23.2 Å². The molecule has 1 atom stereocenters. The first-order valence-electron chi connectivity index (χ1n) is 6.63. The van der Waals surface area contributed by atoms with Crippen LogP contribution in [0.3, 0.4) is 0 Å². The predicted molar refractivity (Wildman–Crippen MR) is 86.7 cm³/mol. The third kappa shape index (κ3) is 3.53. The quantitative estimate of drug-likeness (QED) is 0.614. The number of anilines is 1. The van der Waals surface area contributed by atoms with Crippen LogP contribution in [0.5, 0.6) is 0 Å². The molecule has 0 aliphatic carbocycles. The summed E-state index contributed by atoms with van der Waals surface area (Å²) in [5.74, 6) is 0. The van der Waals surface area contributed by atoms with E-state index in [1.807, 2.05) is 0 Å². The second-order valence-electron chi connectivity index (χ2n) is 5.12. The highest BCUT2D eigenvalue weighted by Gasteiger charge is 2.35. The Balaban J connectivity index is 2.68. The van der Waals surface area contributed by atoms with Crippen molar-refractivity contribution in [2.45, 2.75) is 23.8 Å². The van der Waals surface area contributed by atoms with Gasteiger partial charge in [-0.25, -0.2) is 13.6 Å². The number of nitrogens with two attached hydrogens (primary N) is 1. The zero-order valence-corrected chi connectivity index (χ0v) is 14.5. The van der Waals surface area contributed by atoms with Crippen LogP contribution in [0.25, 0.3) is 0 Å². The molecule has 1 unspecified atom stereocenters. The van der Waals surface area contributed by atoms with Gasteiger partial charge in [-0.2, -0.15) is 0 Å². The minimum atomic E-state index is -4.30. The summed E-state index contributed by atoms with van der Waals surface area (Å²) >= 11 is 11.9. The normalized spacial score (nSPS) is 18.4. The van der Waals surface area contributed by atoms with E-state index in [1.54, 1.807) is 4.90 Å². The molecule has 128 valence electrons. The van der Waals surface area contributed by atoms with Gasteiger partial charge in [-0.3, -0.25) is 10.1 Å². The van der Waals surface area contributed by atoms with Crippen LogP contribution in [0.15, 0.2) is 11.0 Å². The van der Waals surface area contributed by atoms with E-state index in [0.717, 1.165) is 12.8 Å². The molecule has 0 spiro atoms. The lowest BCUT2D eigenvalue weighted by Gasteiger charge is -2.26. The fraction of sp³-hybridized carbons (Fsp3) is 0.500. The molecule has 1 aromatic rings. The molecular formula is C12H15Cl2N3O5S. The van der Waals surface area contributed by atoms with E-state index in [-0.39, 0.29) is 16.8 Å². The second-order valence-corrected chi connectivity index (χ2v) is 7.40. The molecule has 0 amide bonds. The smallest absolute Gasteiger partial charge is 0.312 e. The SMILES string of the molecule is COCC1CCCN1c1cc(Cl)c(S(N)(=O)=O)c(Cl)c1[N+](=O)[O-]. The van der Waals surface area contributed by atoms with Crippen molar-refractivity contribution >= 4 is 44.6 Å². The maximum absolute atomic E-state index is 11.6. The topological polar surface area (TPSA) is 116 Å². The first-order chi connectivity index (χ1) is 10.7. The monoisotopic (exact) mass is 383 g/mol. The highest BCUT2D eigenvalue weighted by atomic mass is 35.5. The van der Waals surface area contributed by atoms with Gasteiger partial charge in [-0.1, -0.05) is 23.2 Å². The van der Waals surface area contributed by atoms with Crippen LogP contribution < -0.4 is 10.0 Å². The Morgan fingerprint density at radius 1 is 1.52 bits per heavy atom. The zero-order chi connectivity index (χ0) is 17.4. The van der Waals surface area contributed by atoms with Gasteiger partial charge >= 0.3 is 5.69 Å². The molecule has 1 saturated heterocycles. The average molecular weight is 384 g/mol. The Morgan fingerprint density at radius 3 is 2.70 bits per heavy atom. The van der Waals surface area contributed by atoms with Crippen LogP contribution in [-0.2, 0) is 14.8 Å². The van der Waals surface area contributed by atoms with Gasteiger partial charge in [0.05, 0.1) is 22.6 Å². The van der Waals surface area contributed by atoms with Gasteiger partial charge in [0.2, 0.25) is 10.0 Å². The Bertz CT molecular complexity index is 741. The summed E-state index contributed by atoms with van der Waals surface area (Å²) in [5.41, 5.74) is -0.361. The van der Waals surface area contributed by atoms with Crippen LogP contribution in [0, 0.1) is 10.1 Å². The second kappa shape index (κ2) is 6.78. The van der Waals surface area contributed by atoms with Crippen molar-refractivity contribution in [1.82, 2.24) is 0 Å². The van der Waals surface area contributed by atoms with E-state index in [1.165, 1.54) is 13.2 Å². The van der Waals surface area contributed by atoms with Gasteiger partial charge < -0.3 is 9.64 Å². The summed E-state index contributed by atoms with van der Waals surface area (Å²) in [6.45, 7) is 0.930. The Kier molecular flexibility index (Phi) is 5.37. The Hall–Kier alpha value is -1.13. The molecule has 0 bridgehead atoms. The summed E-state index contributed by atoms with van der Waals surface area (Å²) in [5, 5.41) is 15.7. The Morgan fingerprint density at radius 2 is 2.17 bits per heavy atom. The molecule has 1 aliphatic heterocycles. The minimum Gasteiger partial charge on any atom is -0.383 e. The maximum atomic E-state index is 11.6. The summed E-state index contributed by atoms with van der Waals surface area (Å²) < 4.78 is 28.3. The molecule has 1 heterocycles. The van der Waals surface area contributed by atoms with Crippen LogP contribution in [-0.4, -0.2) is 39.6 Å². The van der Waals surface area contributed by atoms with E-state index >= 15 is 0 Å². The highest BCUT2D eigenvalue weighted by molar-refractivity contribution is 7.89. The van der Waals surface area contributed by atoms with Crippen molar-refractivity contribution in [2.24, 2.45) is 5.14 Å². The van der Waals surface area contributed by atoms with Crippen molar-refractivity contribution in [3.63, 3.8) is 0 Å². The summed E-state index contributed by atoms with van der Waals surface area (Å²) in [7, 11) is -2.76. The fourth-order valence-electron chi connectivity index (χ4n) is 2.75. The standard InChI is InChI=1S/C12H15Cl2N3O5S/c1-22-6-7-3-2-4-16(7)9-5-8(13)12(23(15,20)21)10(14)11(9)17(18)19/h5,7H,2-4,6H2,1H3,(H2,15,20,21). The predicted octanol–water partition coefficient (Wildman–Crippen LogP) is 2.16. The number of primary sulfonamides is 1. The van der Waals surface area contributed by atoms with E-state index in [0.29, 0.717) is 13.2 Å². The highest BCUT2D eigenvalue weighted by Crippen LogP contribution is 2.45. The lowest BCUT2D eigenvalue weighted by atomic mass is 10.2. The van der Waals surface area contributed by atoms with Crippen molar-refractivity contribution in [1.29, 1.82) is 0 Å². The fourth-order valence-corrected chi connectivity index (χ4v) is 4.59. The number of ether oxygens (including phenoxy) is 1. The maximum Gasteiger partial charge on any atom is 0.312 e. The third-order valence-electron chi connectivity index (χ3n) is 3.64. The number of nitro groups is 1. The molecular weight excluding hydrogens is 369 g/mol. The Labute approximate surface area is 143 Å². The molecule has 0 saturated carbocycles. The number of halogens is 2. The van der Waals surface area contributed by atoms with E-state index in [4.69, 9.17) is 33.1 Å². The number of sulfonamides is 1. The molecule has 1 aromatic carbocycles. The van der Waals surface area contributed by atoms with Gasteiger partial charge in [0.25, 0.3) is 0 Å². The molecule has 0 radical (unpaired) electrons. The molecule has 0 aromatic heterocycles. The lowest BCUT2D eigenvalue weighted by molar-refractivity contribution is -0.384. The summed E-state index contributed by atoms with van der Waals surface area (Å²) in [6, 6.07) is 1.14. The summed E-state index contributed by atoms with van der Waals surface area (Å²) in [6.07, 6.45) is 1.61. The third-order valence-corrected chi connectivity index (χ3v) is 5.53. The molecule has 2 rings (SSSR count). The van der Waals surface area contributed by atoms with Crippen LogP contribution in [0.4, 0.5) is 11.4 Å². The van der Waals surface area contributed by atoms with Crippen molar-refractivity contribution in [2.75, 3.05) is 25.2 Å². The van der Waals surface area contributed by atoms with Gasteiger partial charge in [0.1, 0.15) is 15.6 Å². The zero-order valence-electron chi connectivity index (χ0n) is 12.2. The first-order valence-corrected chi connectivity index (χ1v) is 8.93. The number of hydrogen-bond acceptors (Lipinski definition) is 6. The minimum absolute atomic E-state index is 0.0776. The van der Waals surface area contributed by atoms with Crippen LogP contribution in [0.1, 0.15) is 12.8 Å². The molecule has 11 heteroatoms. The number of rotatable bonds is 5. The molecule has 1 fully saturated rings. The number of nitro benzene ring substituents is 1. The van der Waals surface area contributed by atoms with Gasteiger partial charge in [0, 0.05) is 13.7 Å². The first kappa shape index (κ1) is 18.2. The van der Waals surface area contributed by atoms with Crippen molar-refractivity contribution in [3.8, 4) is 0 Å². The molecule has 23 heavy (non-hydrogen) atoms. The van der Waals surface area contributed by atoms with Gasteiger partial charge in [-0.05, 0) is 18.9 Å². The van der Waals surface area contributed by atoms with Gasteiger partial charge in [-0.15, -0.1) is 0 Å². The van der Waals surface area contributed by atoms with E-state index in [2.05, 4.69) is 0 Å². The van der Waals surface area contributed by atoms with Gasteiger partial charge in [0.15, 0.2) is 0 Å². The van der Waals surface area contributed by atoms with E-state index < -0.39 is 30.6 Å². The van der Waals surface area contributed by atoms with Crippen LogP contribution in [0.2, 0.25) is 10.0 Å². The lowest BCUT2D eigenvalue weighted by Crippen LogP contribution is -2.33. The number of benzene rings is 1. The number of methoxy groups -OCH3 is 1. The summed E-state index contributed by atoms with van der Waals surface area (Å²) in [4.78, 5) is 11.8. The molecule has 8 nitrogen and oxygen atoms in total. The molecule has 1 aliphatic rings. The van der Waals surface area contributed by atoms with Crippen molar-refractivity contribution in [3.05, 3.63) is 26.2 Å². The van der Waals surface area contributed by atoms with E-state index in [9.17, 15) is 18.5 Å². The number of nitrogens with zero attached hydrogens (tertiary/aromatic N) is 2. The largest absolute Gasteiger partial charge is 0.383 e. The number of hydrogen-bond donors (Lipinski definition) is 1. The van der Waals surface area contributed by atoms with Crippen molar-refractivity contribution < 1.29 is 18.1 Å². The average Bonchev–Trinajstić information content (AvgIpc) is 2.84.